The maximum absolute atomic E-state index is 6.32. The zero-order chi connectivity index (χ0) is 8.55. The van der Waals surface area contributed by atoms with Crippen LogP contribution in [0.4, 0.5) is 0 Å². The minimum atomic E-state index is 0.444. The lowest BCUT2D eigenvalue weighted by atomic mass is 9.74. The molecule has 1 aliphatic carbocycles. The van der Waals surface area contributed by atoms with Crippen LogP contribution in [0, 0.1) is 11.8 Å². The zero-order valence-corrected chi connectivity index (χ0v) is 8.48. The van der Waals surface area contributed by atoms with E-state index in [4.69, 9.17) is 11.6 Å². The van der Waals surface area contributed by atoms with Gasteiger partial charge in [-0.1, -0.05) is 6.92 Å². The third kappa shape index (κ3) is 1.49. The van der Waals surface area contributed by atoms with Gasteiger partial charge in [-0.25, -0.2) is 0 Å². The fourth-order valence-electron chi connectivity index (χ4n) is 2.78. The van der Waals surface area contributed by atoms with Crippen molar-refractivity contribution in [2.24, 2.45) is 11.8 Å². The molecule has 0 spiro atoms. The molecule has 70 valence electrons. The van der Waals surface area contributed by atoms with Crippen LogP contribution in [-0.4, -0.2) is 18.0 Å². The second-order valence-electron chi connectivity index (χ2n) is 4.36. The number of rotatable bonds is 0. The van der Waals surface area contributed by atoms with E-state index in [2.05, 4.69) is 12.2 Å². The van der Waals surface area contributed by atoms with Crippen molar-refractivity contribution in [1.82, 2.24) is 5.32 Å². The lowest BCUT2D eigenvalue weighted by molar-refractivity contribution is 0.161. The number of alkyl halides is 1. The predicted octanol–water partition coefficient (Wildman–Crippen LogP) is 2.39. The summed E-state index contributed by atoms with van der Waals surface area (Å²) in [5.41, 5.74) is 0. The summed E-state index contributed by atoms with van der Waals surface area (Å²) in [6, 6.07) is 0.718. The lowest BCUT2D eigenvalue weighted by Crippen LogP contribution is -2.51. The molecule has 1 N–H and O–H groups in total. The van der Waals surface area contributed by atoms with Crippen LogP contribution in [0.15, 0.2) is 0 Å². The summed E-state index contributed by atoms with van der Waals surface area (Å²) >= 11 is 6.32. The van der Waals surface area contributed by atoms with Gasteiger partial charge in [0, 0.05) is 11.4 Å². The first kappa shape index (κ1) is 8.83. The molecule has 1 heterocycles. The Morgan fingerprint density at radius 2 is 2.08 bits per heavy atom. The van der Waals surface area contributed by atoms with E-state index in [0.29, 0.717) is 5.38 Å². The molecule has 4 unspecified atom stereocenters. The fraction of sp³-hybridized carbons (Fsp3) is 1.00. The first-order valence-corrected chi connectivity index (χ1v) is 5.60. The standard InChI is InChI=1S/C10H18ClN/c1-7-4-5-9(11)8-3-2-6-12-10(7)8/h7-10,12H,2-6H2,1H3. The number of hydrogen-bond acceptors (Lipinski definition) is 1. The highest BCUT2D eigenvalue weighted by molar-refractivity contribution is 6.20. The maximum Gasteiger partial charge on any atom is 0.0379 e. The van der Waals surface area contributed by atoms with Crippen LogP contribution in [0.25, 0.3) is 0 Å². The third-order valence-corrected chi connectivity index (χ3v) is 4.07. The van der Waals surface area contributed by atoms with Crippen molar-refractivity contribution >= 4 is 11.6 Å². The summed E-state index contributed by atoms with van der Waals surface area (Å²) in [4.78, 5) is 0. The zero-order valence-electron chi connectivity index (χ0n) is 7.72. The highest BCUT2D eigenvalue weighted by atomic mass is 35.5. The molecule has 0 aromatic heterocycles. The summed E-state index contributed by atoms with van der Waals surface area (Å²) in [5.74, 6) is 1.59. The quantitative estimate of drug-likeness (QED) is 0.575. The van der Waals surface area contributed by atoms with Crippen molar-refractivity contribution < 1.29 is 0 Å². The Hall–Kier alpha value is 0.250. The Morgan fingerprint density at radius 1 is 1.25 bits per heavy atom. The molecule has 2 rings (SSSR count). The smallest absolute Gasteiger partial charge is 0.0379 e. The van der Waals surface area contributed by atoms with Crippen molar-refractivity contribution in [3.8, 4) is 0 Å². The number of fused-ring (bicyclic) bond motifs is 1. The van der Waals surface area contributed by atoms with Gasteiger partial charge in [0.15, 0.2) is 0 Å². The van der Waals surface area contributed by atoms with Gasteiger partial charge < -0.3 is 5.32 Å². The largest absolute Gasteiger partial charge is 0.313 e. The molecule has 4 atom stereocenters. The van der Waals surface area contributed by atoms with Gasteiger partial charge in [-0.2, -0.15) is 0 Å². The Labute approximate surface area is 79.9 Å². The van der Waals surface area contributed by atoms with Crippen LogP contribution < -0.4 is 5.32 Å². The van der Waals surface area contributed by atoms with Crippen LogP contribution in [0.2, 0.25) is 0 Å². The lowest BCUT2D eigenvalue weighted by Gasteiger charge is -2.43. The predicted molar refractivity (Wildman–Crippen MR) is 52.6 cm³/mol. The topological polar surface area (TPSA) is 12.0 Å². The summed E-state index contributed by atoms with van der Waals surface area (Å²) in [6.07, 6.45) is 5.20. The molecule has 2 aliphatic rings. The molecule has 2 heteroatoms. The monoisotopic (exact) mass is 187 g/mol. The SMILES string of the molecule is CC1CCC(Cl)C2CCCNC12. The van der Waals surface area contributed by atoms with E-state index in [-0.39, 0.29) is 0 Å². The van der Waals surface area contributed by atoms with Crippen molar-refractivity contribution in [1.29, 1.82) is 0 Å². The minimum Gasteiger partial charge on any atom is -0.313 e. The summed E-state index contributed by atoms with van der Waals surface area (Å²) in [7, 11) is 0. The van der Waals surface area contributed by atoms with E-state index in [0.717, 1.165) is 17.9 Å². The molecular weight excluding hydrogens is 170 g/mol. The summed E-state index contributed by atoms with van der Waals surface area (Å²) < 4.78 is 0. The molecule has 2 fully saturated rings. The van der Waals surface area contributed by atoms with Crippen LogP contribution in [-0.2, 0) is 0 Å². The van der Waals surface area contributed by atoms with E-state index in [1.54, 1.807) is 0 Å². The van der Waals surface area contributed by atoms with Crippen molar-refractivity contribution in [3.05, 3.63) is 0 Å². The minimum absolute atomic E-state index is 0.444. The molecule has 0 amide bonds. The number of nitrogens with one attached hydrogen (secondary N) is 1. The molecule has 0 aromatic carbocycles. The van der Waals surface area contributed by atoms with Gasteiger partial charge in [0.1, 0.15) is 0 Å². The van der Waals surface area contributed by atoms with Crippen molar-refractivity contribution in [2.75, 3.05) is 6.54 Å². The molecule has 0 bridgehead atoms. The second-order valence-corrected chi connectivity index (χ2v) is 4.92. The fourth-order valence-corrected chi connectivity index (χ4v) is 3.19. The highest BCUT2D eigenvalue weighted by Gasteiger charge is 2.37. The Morgan fingerprint density at radius 3 is 2.83 bits per heavy atom. The number of piperidine rings is 1. The van der Waals surface area contributed by atoms with Gasteiger partial charge in [-0.15, -0.1) is 11.6 Å². The summed E-state index contributed by atoms with van der Waals surface area (Å²) in [5, 5.41) is 4.06. The van der Waals surface area contributed by atoms with E-state index < -0.39 is 0 Å². The van der Waals surface area contributed by atoms with Crippen LogP contribution >= 0.6 is 11.6 Å². The van der Waals surface area contributed by atoms with E-state index in [1.165, 1.54) is 32.2 Å². The molecular formula is C10H18ClN. The van der Waals surface area contributed by atoms with Gasteiger partial charge in [-0.05, 0) is 44.1 Å². The molecule has 1 nitrogen and oxygen atoms in total. The van der Waals surface area contributed by atoms with Crippen molar-refractivity contribution in [3.63, 3.8) is 0 Å². The average molecular weight is 188 g/mol. The molecule has 0 aromatic rings. The molecule has 1 saturated heterocycles. The average Bonchev–Trinajstić information content (AvgIpc) is 2.12. The maximum atomic E-state index is 6.32. The number of hydrogen-bond donors (Lipinski definition) is 1. The highest BCUT2D eigenvalue weighted by Crippen LogP contribution is 2.37. The van der Waals surface area contributed by atoms with E-state index in [9.17, 15) is 0 Å². The molecule has 12 heavy (non-hydrogen) atoms. The summed E-state index contributed by atoms with van der Waals surface area (Å²) in [6.45, 7) is 3.56. The Kier molecular flexibility index (Phi) is 2.61. The van der Waals surface area contributed by atoms with Gasteiger partial charge in [-0.3, -0.25) is 0 Å². The first-order chi connectivity index (χ1) is 5.79. The van der Waals surface area contributed by atoms with Crippen LogP contribution in [0.3, 0.4) is 0 Å². The van der Waals surface area contributed by atoms with Crippen LogP contribution in [0.1, 0.15) is 32.6 Å². The third-order valence-electron chi connectivity index (χ3n) is 3.53. The first-order valence-electron chi connectivity index (χ1n) is 5.16. The molecule has 0 radical (unpaired) electrons. The Balaban J connectivity index is 2.05. The van der Waals surface area contributed by atoms with Gasteiger partial charge in [0.25, 0.3) is 0 Å². The number of halogens is 1. The van der Waals surface area contributed by atoms with E-state index >= 15 is 0 Å². The van der Waals surface area contributed by atoms with Gasteiger partial charge >= 0.3 is 0 Å². The van der Waals surface area contributed by atoms with E-state index in [1.807, 2.05) is 0 Å². The van der Waals surface area contributed by atoms with Gasteiger partial charge in [0.2, 0.25) is 0 Å². The Bertz CT molecular complexity index is 142. The normalized spacial score (nSPS) is 48.5. The van der Waals surface area contributed by atoms with Crippen LogP contribution in [0.5, 0.6) is 0 Å². The molecule has 1 aliphatic heterocycles. The van der Waals surface area contributed by atoms with Crippen molar-refractivity contribution in [2.45, 2.75) is 44.0 Å². The second kappa shape index (κ2) is 3.55. The van der Waals surface area contributed by atoms with Gasteiger partial charge in [0.05, 0.1) is 0 Å². The molecule has 1 saturated carbocycles.